The Morgan fingerprint density at radius 3 is 1.94 bits per heavy atom. The second-order valence-electron chi connectivity index (χ2n) is 7.79. The molecular formula is C24H27F3N4. The molecule has 0 radical (unpaired) electrons. The first-order chi connectivity index (χ1) is 14.6. The van der Waals surface area contributed by atoms with Gasteiger partial charge >= 0.3 is 6.18 Å². The molecule has 0 aliphatic rings. The predicted octanol–water partition coefficient (Wildman–Crippen LogP) is 6.72. The average molecular weight is 429 g/mol. The third kappa shape index (κ3) is 4.98. The van der Waals surface area contributed by atoms with Gasteiger partial charge in [0.1, 0.15) is 5.56 Å². The number of anilines is 4. The molecule has 7 heteroatoms. The smallest absolute Gasteiger partial charge is 0.329 e. The van der Waals surface area contributed by atoms with Crippen LogP contribution in [0, 0.1) is 0 Å². The predicted molar refractivity (Wildman–Crippen MR) is 120 cm³/mol. The van der Waals surface area contributed by atoms with E-state index in [9.17, 15) is 13.2 Å². The Bertz CT molecular complexity index is 1010. The maximum atomic E-state index is 13.7. The van der Waals surface area contributed by atoms with E-state index in [1.54, 1.807) is 31.1 Å². The molecule has 1 aromatic heterocycles. The third-order valence-electron chi connectivity index (χ3n) is 5.36. The molecule has 0 saturated heterocycles. The molecule has 0 saturated carbocycles. The first kappa shape index (κ1) is 22.6. The summed E-state index contributed by atoms with van der Waals surface area (Å²) in [5.74, 6) is 0.394. The summed E-state index contributed by atoms with van der Waals surface area (Å²) in [6.45, 7) is 6.24. The van der Waals surface area contributed by atoms with E-state index in [1.165, 1.54) is 10.5 Å². The Hall–Kier alpha value is -3.09. The van der Waals surface area contributed by atoms with Crippen molar-refractivity contribution < 1.29 is 13.2 Å². The molecule has 0 bridgehead atoms. The first-order valence-electron chi connectivity index (χ1n) is 10.2. The molecule has 0 amide bonds. The van der Waals surface area contributed by atoms with Gasteiger partial charge in [-0.25, -0.2) is 4.98 Å². The highest BCUT2D eigenvalue weighted by molar-refractivity contribution is 5.66. The monoisotopic (exact) mass is 428 g/mol. The molecule has 4 nitrogen and oxygen atoms in total. The summed E-state index contributed by atoms with van der Waals surface area (Å²) in [6.07, 6.45) is -2.85. The van der Waals surface area contributed by atoms with Crippen LogP contribution in [-0.2, 0) is 12.6 Å². The van der Waals surface area contributed by atoms with Crippen LogP contribution in [0.4, 0.5) is 36.3 Å². The van der Waals surface area contributed by atoms with Gasteiger partial charge in [-0.15, -0.1) is 0 Å². The number of hydrogen-bond acceptors (Lipinski definition) is 4. The summed E-state index contributed by atoms with van der Waals surface area (Å²) in [4.78, 5) is 11.5. The number of halogens is 3. The number of hydrogen-bond donors (Lipinski definition) is 0. The lowest BCUT2D eigenvalue weighted by Gasteiger charge is -2.25. The summed E-state index contributed by atoms with van der Waals surface area (Å²) in [5, 5.41) is 0. The fraction of sp³-hybridized carbons (Fsp3) is 0.333. The van der Waals surface area contributed by atoms with Crippen LogP contribution < -0.4 is 9.80 Å². The lowest BCUT2D eigenvalue weighted by molar-refractivity contribution is -0.137. The minimum atomic E-state index is -4.57. The standard InChI is InChI=1S/C24H27F3N4/c1-6-17-7-11-19(12-8-17)30(4)22-21(24(25,26)27)15-28-23(29-22)31(5)20-13-9-18(10-14-20)16(2)3/h7-16H,6H2,1-5H3. The molecule has 0 aliphatic heterocycles. The maximum absolute atomic E-state index is 13.7. The summed E-state index contributed by atoms with van der Waals surface area (Å²) < 4.78 is 41.1. The Morgan fingerprint density at radius 1 is 0.871 bits per heavy atom. The molecule has 0 fully saturated rings. The highest BCUT2D eigenvalue weighted by atomic mass is 19.4. The number of nitrogens with zero attached hydrogens (tertiary/aromatic N) is 4. The Kier molecular flexibility index (Phi) is 6.53. The van der Waals surface area contributed by atoms with E-state index < -0.39 is 11.7 Å². The Morgan fingerprint density at radius 2 is 1.42 bits per heavy atom. The van der Waals surface area contributed by atoms with Crippen LogP contribution in [0.5, 0.6) is 0 Å². The quantitative estimate of drug-likeness (QED) is 0.436. The molecule has 3 aromatic rings. The van der Waals surface area contributed by atoms with Gasteiger partial charge in [0.25, 0.3) is 0 Å². The van der Waals surface area contributed by atoms with E-state index in [0.717, 1.165) is 23.9 Å². The molecule has 0 spiro atoms. The Labute approximate surface area is 181 Å². The minimum absolute atomic E-state index is 0.188. The fourth-order valence-corrected chi connectivity index (χ4v) is 3.26. The van der Waals surface area contributed by atoms with Crippen molar-refractivity contribution in [2.24, 2.45) is 0 Å². The van der Waals surface area contributed by atoms with Gasteiger partial charge in [0.05, 0.1) is 0 Å². The molecule has 0 N–H and O–H groups in total. The number of aromatic nitrogens is 2. The van der Waals surface area contributed by atoms with Crippen LogP contribution in [-0.4, -0.2) is 24.1 Å². The van der Waals surface area contributed by atoms with Gasteiger partial charge in [-0.3, -0.25) is 0 Å². The summed E-state index contributed by atoms with van der Waals surface area (Å²) in [5.41, 5.74) is 2.84. The molecule has 3 rings (SSSR count). The van der Waals surface area contributed by atoms with Crippen molar-refractivity contribution in [3.8, 4) is 0 Å². The van der Waals surface area contributed by atoms with Gasteiger partial charge in [0.15, 0.2) is 5.82 Å². The van der Waals surface area contributed by atoms with E-state index in [0.29, 0.717) is 11.6 Å². The Balaban J connectivity index is 2.01. The van der Waals surface area contributed by atoms with Crippen molar-refractivity contribution in [3.05, 3.63) is 71.4 Å². The fourth-order valence-electron chi connectivity index (χ4n) is 3.26. The van der Waals surface area contributed by atoms with Crippen LogP contribution in [0.25, 0.3) is 0 Å². The molecule has 31 heavy (non-hydrogen) atoms. The van der Waals surface area contributed by atoms with Gasteiger partial charge in [0, 0.05) is 31.7 Å². The van der Waals surface area contributed by atoms with E-state index in [-0.39, 0.29) is 11.8 Å². The number of benzene rings is 2. The van der Waals surface area contributed by atoms with Crippen molar-refractivity contribution in [2.45, 2.75) is 39.3 Å². The van der Waals surface area contributed by atoms with Gasteiger partial charge in [0.2, 0.25) is 5.95 Å². The highest BCUT2D eigenvalue weighted by Crippen LogP contribution is 2.38. The normalized spacial score (nSPS) is 11.6. The zero-order valence-corrected chi connectivity index (χ0v) is 18.4. The second kappa shape index (κ2) is 8.96. The van der Waals surface area contributed by atoms with E-state index in [4.69, 9.17) is 0 Å². The number of alkyl halides is 3. The second-order valence-corrected chi connectivity index (χ2v) is 7.79. The third-order valence-corrected chi connectivity index (χ3v) is 5.36. The largest absolute Gasteiger partial charge is 0.421 e. The number of rotatable bonds is 6. The highest BCUT2D eigenvalue weighted by Gasteiger charge is 2.37. The minimum Gasteiger partial charge on any atom is -0.329 e. The van der Waals surface area contributed by atoms with E-state index in [1.807, 2.05) is 43.3 Å². The van der Waals surface area contributed by atoms with Crippen LogP contribution >= 0.6 is 0 Å². The lowest BCUT2D eigenvalue weighted by atomic mass is 10.0. The van der Waals surface area contributed by atoms with Gasteiger partial charge in [-0.1, -0.05) is 45.0 Å². The summed E-state index contributed by atoms with van der Waals surface area (Å²) in [6, 6.07) is 15.3. The molecular weight excluding hydrogens is 401 g/mol. The van der Waals surface area contributed by atoms with Crippen molar-refractivity contribution in [1.29, 1.82) is 0 Å². The van der Waals surface area contributed by atoms with E-state index in [2.05, 4.69) is 23.8 Å². The molecule has 164 valence electrons. The zero-order valence-electron chi connectivity index (χ0n) is 18.4. The lowest BCUT2D eigenvalue weighted by Crippen LogP contribution is -2.21. The first-order valence-corrected chi connectivity index (χ1v) is 10.2. The van der Waals surface area contributed by atoms with Crippen LogP contribution in [0.2, 0.25) is 0 Å². The van der Waals surface area contributed by atoms with Gasteiger partial charge < -0.3 is 9.80 Å². The van der Waals surface area contributed by atoms with E-state index >= 15 is 0 Å². The van der Waals surface area contributed by atoms with Crippen molar-refractivity contribution >= 4 is 23.1 Å². The molecule has 0 aliphatic carbocycles. The molecule has 0 unspecified atom stereocenters. The van der Waals surface area contributed by atoms with Gasteiger partial charge in [-0.05, 0) is 47.7 Å². The maximum Gasteiger partial charge on any atom is 0.421 e. The molecule has 2 aromatic carbocycles. The molecule has 1 heterocycles. The SMILES string of the molecule is CCc1ccc(N(C)c2nc(N(C)c3ccc(C(C)C)cc3)ncc2C(F)(F)F)cc1. The zero-order chi connectivity index (χ0) is 22.8. The summed E-state index contributed by atoms with van der Waals surface area (Å²) in [7, 11) is 3.33. The number of aryl methyl sites for hydroxylation is 1. The van der Waals surface area contributed by atoms with Crippen molar-refractivity contribution in [1.82, 2.24) is 9.97 Å². The molecule has 0 atom stereocenters. The van der Waals surface area contributed by atoms with Gasteiger partial charge in [-0.2, -0.15) is 18.2 Å². The topological polar surface area (TPSA) is 32.3 Å². The summed E-state index contributed by atoms with van der Waals surface area (Å²) >= 11 is 0. The van der Waals surface area contributed by atoms with Crippen LogP contribution in [0.1, 0.15) is 43.4 Å². The van der Waals surface area contributed by atoms with Crippen LogP contribution in [0.3, 0.4) is 0 Å². The van der Waals surface area contributed by atoms with Crippen molar-refractivity contribution in [2.75, 3.05) is 23.9 Å². The van der Waals surface area contributed by atoms with Crippen LogP contribution in [0.15, 0.2) is 54.7 Å². The van der Waals surface area contributed by atoms with Crippen molar-refractivity contribution in [3.63, 3.8) is 0 Å². The average Bonchev–Trinajstić information content (AvgIpc) is 2.77.